The van der Waals surface area contributed by atoms with Gasteiger partial charge in [-0.1, -0.05) is 12.8 Å². The lowest BCUT2D eigenvalue weighted by Crippen LogP contribution is -2.35. The summed E-state index contributed by atoms with van der Waals surface area (Å²) < 4.78 is 0. The first-order valence-electron chi connectivity index (χ1n) is 7.54. The quantitative estimate of drug-likeness (QED) is 0.860. The van der Waals surface area contributed by atoms with Crippen molar-refractivity contribution < 1.29 is 0 Å². The molecule has 0 radical (unpaired) electrons. The van der Waals surface area contributed by atoms with Crippen LogP contribution in [-0.2, 0) is 6.42 Å². The Hall–Kier alpha value is -0.890. The Kier molecular flexibility index (Phi) is 3.94. The van der Waals surface area contributed by atoms with E-state index in [0.29, 0.717) is 0 Å². The average molecular weight is 244 g/mol. The smallest absolute Gasteiger partial charge is 0.0270 e. The van der Waals surface area contributed by atoms with Gasteiger partial charge in [-0.15, -0.1) is 0 Å². The average Bonchev–Trinajstić information content (AvgIpc) is 3.25. The van der Waals surface area contributed by atoms with Gasteiger partial charge in [-0.3, -0.25) is 4.98 Å². The molecule has 2 aliphatic rings. The molecule has 1 heterocycles. The standard InChI is InChI=1S/C16H24N2/c1-2-15(14-4-5-14)12-16(3-1)18-11-8-13-6-9-17-10-7-13/h6-7,9-10,14-16,18H,1-5,8,11-12H2. The molecule has 1 aromatic rings. The lowest BCUT2D eigenvalue weighted by Gasteiger charge is -2.30. The second-order valence-electron chi connectivity index (χ2n) is 6.02. The molecule has 0 aromatic carbocycles. The number of aromatic nitrogens is 1. The van der Waals surface area contributed by atoms with Crippen LogP contribution in [0.5, 0.6) is 0 Å². The number of pyridine rings is 1. The molecule has 2 atom stereocenters. The van der Waals surface area contributed by atoms with E-state index in [9.17, 15) is 0 Å². The van der Waals surface area contributed by atoms with Crippen LogP contribution in [0, 0.1) is 11.8 Å². The van der Waals surface area contributed by atoms with E-state index >= 15 is 0 Å². The van der Waals surface area contributed by atoms with Crippen molar-refractivity contribution in [3.63, 3.8) is 0 Å². The lowest BCUT2D eigenvalue weighted by atomic mass is 9.82. The molecule has 0 aliphatic heterocycles. The van der Waals surface area contributed by atoms with Crippen LogP contribution in [0.4, 0.5) is 0 Å². The van der Waals surface area contributed by atoms with E-state index in [1.807, 2.05) is 12.4 Å². The summed E-state index contributed by atoms with van der Waals surface area (Å²) in [5.41, 5.74) is 1.40. The summed E-state index contributed by atoms with van der Waals surface area (Å²) in [7, 11) is 0. The van der Waals surface area contributed by atoms with Gasteiger partial charge in [0.2, 0.25) is 0 Å². The fraction of sp³-hybridized carbons (Fsp3) is 0.688. The molecule has 98 valence electrons. The van der Waals surface area contributed by atoms with Crippen LogP contribution < -0.4 is 5.32 Å². The van der Waals surface area contributed by atoms with Crippen molar-refractivity contribution in [3.8, 4) is 0 Å². The van der Waals surface area contributed by atoms with Crippen molar-refractivity contribution >= 4 is 0 Å². The minimum absolute atomic E-state index is 0.784. The Balaban J connectivity index is 1.40. The van der Waals surface area contributed by atoms with Gasteiger partial charge in [0.15, 0.2) is 0 Å². The third-order valence-corrected chi connectivity index (χ3v) is 4.60. The Morgan fingerprint density at radius 1 is 1.06 bits per heavy atom. The van der Waals surface area contributed by atoms with E-state index in [-0.39, 0.29) is 0 Å². The van der Waals surface area contributed by atoms with Gasteiger partial charge in [0.05, 0.1) is 0 Å². The molecule has 0 bridgehead atoms. The van der Waals surface area contributed by atoms with E-state index in [0.717, 1.165) is 30.8 Å². The van der Waals surface area contributed by atoms with E-state index in [2.05, 4.69) is 22.4 Å². The summed E-state index contributed by atoms with van der Waals surface area (Å²) in [4.78, 5) is 4.06. The fourth-order valence-electron chi connectivity index (χ4n) is 3.38. The van der Waals surface area contributed by atoms with Gasteiger partial charge < -0.3 is 5.32 Å². The van der Waals surface area contributed by atoms with Crippen LogP contribution in [-0.4, -0.2) is 17.6 Å². The zero-order valence-corrected chi connectivity index (χ0v) is 11.1. The maximum atomic E-state index is 4.06. The minimum atomic E-state index is 0.784. The molecule has 2 nitrogen and oxygen atoms in total. The molecular weight excluding hydrogens is 220 g/mol. The van der Waals surface area contributed by atoms with Crippen molar-refractivity contribution in [2.75, 3.05) is 6.54 Å². The van der Waals surface area contributed by atoms with Gasteiger partial charge in [-0.05, 0) is 68.2 Å². The van der Waals surface area contributed by atoms with Crippen LogP contribution >= 0.6 is 0 Å². The van der Waals surface area contributed by atoms with Crippen LogP contribution in [0.15, 0.2) is 24.5 Å². The van der Waals surface area contributed by atoms with E-state index in [4.69, 9.17) is 0 Å². The molecule has 3 rings (SSSR count). The highest BCUT2D eigenvalue weighted by atomic mass is 14.9. The molecule has 1 aromatic heterocycles. The number of nitrogens with zero attached hydrogens (tertiary/aromatic N) is 1. The van der Waals surface area contributed by atoms with Gasteiger partial charge in [0, 0.05) is 18.4 Å². The Morgan fingerprint density at radius 2 is 1.89 bits per heavy atom. The zero-order chi connectivity index (χ0) is 12.2. The summed E-state index contributed by atoms with van der Waals surface area (Å²) in [5, 5.41) is 3.76. The van der Waals surface area contributed by atoms with Gasteiger partial charge in [0.1, 0.15) is 0 Å². The van der Waals surface area contributed by atoms with Crippen molar-refractivity contribution in [2.45, 2.75) is 51.0 Å². The molecule has 2 fully saturated rings. The molecule has 0 saturated heterocycles. The molecule has 18 heavy (non-hydrogen) atoms. The molecule has 2 unspecified atom stereocenters. The van der Waals surface area contributed by atoms with Gasteiger partial charge in [0.25, 0.3) is 0 Å². The summed E-state index contributed by atoms with van der Waals surface area (Å²) >= 11 is 0. The molecule has 2 saturated carbocycles. The number of nitrogens with one attached hydrogen (secondary N) is 1. The zero-order valence-electron chi connectivity index (χ0n) is 11.1. The fourth-order valence-corrected chi connectivity index (χ4v) is 3.38. The first kappa shape index (κ1) is 12.2. The molecule has 2 heteroatoms. The molecule has 1 N–H and O–H groups in total. The van der Waals surface area contributed by atoms with Crippen molar-refractivity contribution in [1.29, 1.82) is 0 Å². The Labute approximate surface area is 110 Å². The first-order chi connectivity index (χ1) is 8.92. The predicted octanol–water partition coefficient (Wildman–Crippen LogP) is 3.18. The summed E-state index contributed by atoms with van der Waals surface area (Å²) in [6.45, 7) is 1.12. The first-order valence-corrected chi connectivity index (χ1v) is 7.54. The Bertz CT molecular complexity index is 359. The highest BCUT2D eigenvalue weighted by molar-refractivity contribution is 5.09. The maximum Gasteiger partial charge on any atom is 0.0270 e. The van der Waals surface area contributed by atoms with Crippen molar-refractivity contribution in [3.05, 3.63) is 30.1 Å². The van der Waals surface area contributed by atoms with Crippen molar-refractivity contribution in [1.82, 2.24) is 10.3 Å². The van der Waals surface area contributed by atoms with Crippen LogP contribution in [0.1, 0.15) is 44.1 Å². The highest BCUT2D eigenvalue weighted by Gasteiger charge is 2.34. The van der Waals surface area contributed by atoms with E-state index in [1.165, 1.54) is 44.1 Å². The third kappa shape index (κ3) is 3.32. The van der Waals surface area contributed by atoms with Gasteiger partial charge in [-0.2, -0.15) is 0 Å². The van der Waals surface area contributed by atoms with Crippen LogP contribution in [0.2, 0.25) is 0 Å². The third-order valence-electron chi connectivity index (χ3n) is 4.60. The van der Waals surface area contributed by atoms with Crippen LogP contribution in [0.3, 0.4) is 0 Å². The summed E-state index contributed by atoms with van der Waals surface area (Å²) in [6, 6.07) is 5.02. The molecule has 2 aliphatic carbocycles. The van der Waals surface area contributed by atoms with E-state index < -0.39 is 0 Å². The number of hydrogen-bond acceptors (Lipinski definition) is 2. The minimum Gasteiger partial charge on any atom is -0.314 e. The van der Waals surface area contributed by atoms with Gasteiger partial charge >= 0.3 is 0 Å². The highest BCUT2D eigenvalue weighted by Crippen LogP contribution is 2.43. The monoisotopic (exact) mass is 244 g/mol. The molecular formula is C16H24N2. The Morgan fingerprint density at radius 3 is 2.67 bits per heavy atom. The SMILES string of the molecule is c1cc(CCNC2CCCC(C3CC3)C2)ccn1. The largest absolute Gasteiger partial charge is 0.314 e. The van der Waals surface area contributed by atoms with Gasteiger partial charge in [-0.25, -0.2) is 0 Å². The van der Waals surface area contributed by atoms with Crippen molar-refractivity contribution in [2.24, 2.45) is 11.8 Å². The topological polar surface area (TPSA) is 24.9 Å². The lowest BCUT2D eigenvalue weighted by molar-refractivity contribution is 0.262. The number of rotatable bonds is 5. The number of hydrogen-bond donors (Lipinski definition) is 1. The van der Waals surface area contributed by atoms with Crippen LogP contribution in [0.25, 0.3) is 0 Å². The summed E-state index contributed by atoms with van der Waals surface area (Å²) in [5.74, 6) is 2.13. The van der Waals surface area contributed by atoms with E-state index in [1.54, 1.807) is 0 Å². The maximum absolute atomic E-state index is 4.06. The second-order valence-corrected chi connectivity index (χ2v) is 6.02. The molecule has 0 spiro atoms. The molecule has 0 amide bonds. The summed E-state index contributed by atoms with van der Waals surface area (Å²) in [6.07, 6.45) is 13.7. The predicted molar refractivity (Wildman–Crippen MR) is 74.4 cm³/mol. The normalized spacial score (nSPS) is 28.2. The second kappa shape index (κ2) is 5.83.